The van der Waals surface area contributed by atoms with Crippen molar-refractivity contribution in [2.75, 3.05) is 6.61 Å². The van der Waals surface area contributed by atoms with E-state index in [4.69, 9.17) is 9.47 Å². The van der Waals surface area contributed by atoms with E-state index in [0.717, 1.165) is 41.2 Å². The summed E-state index contributed by atoms with van der Waals surface area (Å²) in [6.07, 6.45) is 6.85. The SMILES string of the molecule is C=C(C)c1ccc(OC(C)OCCC2CC3CCC2C3)cc1. The first-order valence-electron chi connectivity index (χ1n) is 8.66. The number of rotatable bonds is 7. The molecule has 0 saturated heterocycles. The van der Waals surface area contributed by atoms with E-state index in [0.29, 0.717) is 0 Å². The molecule has 4 unspecified atom stereocenters. The van der Waals surface area contributed by atoms with Crippen molar-refractivity contribution in [2.24, 2.45) is 17.8 Å². The Balaban J connectivity index is 1.38. The van der Waals surface area contributed by atoms with E-state index in [-0.39, 0.29) is 6.29 Å². The molecule has 0 aliphatic heterocycles. The molecule has 3 rings (SSSR count). The van der Waals surface area contributed by atoms with Crippen LogP contribution in [0, 0.1) is 17.8 Å². The van der Waals surface area contributed by atoms with Crippen molar-refractivity contribution in [2.45, 2.75) is 52.2 Å². The van der Waals surface area contributed by atoms with Crippen LogP contribution in [0.5, 0.6) is 5.75 Å². The van der Waals surface area contributed by atoms with Gasteiger partial charge in [-0.3, -0.25) is 0 Å². The summed E-state index contributed by atoms with van der Waals surface area (Å²) in [7, 11) is 0. The second kappa shape index (κ2) is 6.87. The summed E-state index contributed by atoms with van der Waals surface area (Å²) in [6.45, 7) is 8.75. The fourth-order valence-corrected chi connectivity index (χ4v) is 4.16. The minimum absolute atomic E-state index is 0.186. The highest BCUT2D eigenvalue weighted by Crippen LogP contribution is 2.49. The Morgan fingerprint density at radius 3 is 2.59 bits per heavy atom. The maximum Gasteiger partial charge on any atom is 0.196 e. The largest absolute Gasteiger partial charge is 0.465 e. The molecule has 2 bridgehead atoms. The molecule has 4 atom stereocenters. The molecular weight excluding hydrogens is 272 g/mol. The molecule has 0 N–H and O–H groups in total. The predicted octanol–water partition coefficient (Wildman–Crippen LogP) is 5.29. The zero-order valence-electron chi connectivity index (χ0n) is 13.9. The Morgan fingerprint density at radius 1 is 1.23 bits per heavy atom. The van der Waals surface area contributed by atoms with Gasteiger partial charge in [0, 0.05) is 0 Å². The van der Waals surface area contributed by atoms with Crippen molar-refractivity contribution < 1.29 is 9.47 Å². The molecule has 0 spiro atoms. The van der Waals surface area contributed by atoms with Gasteiger partial charge in [-0.2, -0.15) is 0 Å². The van der Waals surface area contributed by atoms with E-state index in [2.05, 4.69) is 6.58 Å². The van der Waals surface area contributed by atoms with Crippen molar-refractivity contribution in [3.63, 3.8) is 0 Å². The summed E-state index contributed by atoms with van der Waals surface area (Å²) in [5.74, 6) is 3.77. The van der Waals surface area contributed by atoms with Crippen LogP contribution in [0.3, 0.4) is 0 Å². The lowest BCUT2D eigenvalue weighted by atomic mass is 9.87. The molecule has 0 amide bonds. The summed E-state index contributed by atoms with van der Waals surface area (Å²) < 4.78 is 11.7. The van der Waals surface area contributed by atoms with Gasteiger partial charge in [0.25, 0.3) is 0 Å². The highest BCUT2D eigenvalue weighted by Gasteiger charge is 2.38. The molecule has 2 heteroatoms. The Morgan fingerprint density at radius 2 is 2.00 bits per heavy atom. The molecule has 2 nitrogen and oxygen atoms in total. The van der Waals surface area contributed by atoms with Crippen molar-refractivity contribution in [3.05, 3.63) is 36.4 Å². The molecule has 0 aromatic heterocycles. The Kier molecular flexibility index (Phi) is 4.87. The molecule has 1 aromatic carbocycles. The molecule has 2 saturated carbocycles. The van der Waals surface area contributed by atoms with Crippen LogP contribution in [0.2, 0.25) is 0 Å². The maximum atomic E-state index is 5.85. The molecular formula is C20H28O2. The van der Waals surface area contributed by atoms with Crippen LogP contribution in [-0.4, -0.2) is 12.9 Å². The third-order valence-corrected chi connectivity index (χ3v) is 5.37. The van der Waals surface area contributed by atoms with Crippen molar-refractivity contribution in [3.8, 4) is 5.75 Å². The Labute approximate surface area is 134 Å². The quantitative estimate of drug-likeness (QED) is 0.637. The Hall–Kier alpha value is -1.28. The zero-order valence-corrected chi connectivity index (χ0v) is 13.9. The fraction of sp³-hybridized carbons (Fsp3) is 0.600. The first-order chi connectivity index (χ1) is 10.6. The molecule has 2 aliphatic carbocycles. The van der Waals surface area contributed by atoms with Crippen LogP contribution in [0.4, 0.5) is 0 Å². The summed E-state index contributed by atoms with van der Waals surface area (Å²) in [6, 6.07) is 8.05. The van der Waals surface area contributed by atoms with Crippen molar-refractivity contribution in [1.82, 2.24) is 0 Å². The normalized spacial score (nSPS) is 27.8. The zero-order chi connectivity index (χ0) is 15.5. The third-order valence-electron chi connectivity index (χ3n) is 5.37. The van der Waals surface area contributed by atoms with E-state index in [1.165, 1.54) is 32.1 Å². The minimum atomic E-state index is -0.186. The average Bonchev–Trinajstić information content (AvgIpc) is 3.10. The molecule has 1 aromatic rings. The highest BCUT2D eigenvalue weighted by molar-refractivity contribution is 5.61. The summed E-state index contributed by atoms with van der Waals surface area (Å²) in [5.41, 5.74) is 2.22. The van der Waals surface area contributed by atoms with Gasteiger partial charge in [-0.15, -0.1) is 0 Å². The van der Waals surface area contributed by atoms with E-state index in [9.17, 15) is 0 Å². The second-order valence-electron chi connectivity index (χ2n) is 7.08. The maximum absolute atomic E-state index is 5.85. The monoisotopic (exact) mass is 300 g/mol. The van der Waals surface area contributed by atoms with E-state index in [1.807, 2.05) is 38.1 Å². The molecule has 0 heterocycles. The van der Waals surface area contributed by atoms with E-state index in [1.54, 1.807) is 0 Å². The smallest absolute Gasteiger partial charge is 0.196 e. The molecule has 2 aliphatic rings. The van der Waals surface area contributed by atoms with Gasteiger partial charge in [0.1, 0.15) is 5.75 Å². The number of fused-ring (bicyclic) bond motifs is 2. The van der Waals surface area contributed by atoms with Crippen LogP contribution in [0.15, 0.2) is 30.8 Å². The highest BCUT2D eigenvalue weighted by atomic mass is 16.7. The van der Waals surface area contributed by atoms with E-state index >= 15 is 0 Å². The van der Waals surface area contributed by atoms with Gasteiger partial charge in [0.05, 0.1) is 6.61 Å². The van der Waals surface area contributed by atoms with Gasteiger partial charge >= 0.3 is 0 Å². The van der Waals surface area contributed by atoms with Crippen LogP contribution >= 0.6 is 0 Å². The van der Waals surface area contributed by atoms with Crippen LogP contribution in [0.1, 0.15) is 51.5 Å². The minimum Gasteiger partial charge on any atom is -0.465 e. The summed E-state index contributed by atoms with van der Waals surface area (Å²) in [4.78, 5) is 0. The van der Waals surface area contributed by atoms with Gasteiger partial charge in [-0.25, -0.2) is 0 Å². The van der Waals surface area contributed by atoms with Gasteiger partial charge in [0.2, 0.25) is 0 Å². The van der Waals surface area contributed by atoms with Crippen LogP contribution < -0.4 is 4.74 Å². The van der Waals surface area contributed by atoms with Crippen molar-refractivity contribution >= 4 is 5.57 Å². The number of ether oxygens (including phenoxy) is 2. The lowest BCUT2D eigenvalue weighted by Crippen LogP contribution is -2.20. The van der Waals surface area contributed by atoms with Gasteiger partial charge in [-0.05, 0) is 75.0 Å². The number of benzene rings is 1. The van der Waals surface area contributed by atoms with Gasteiger partial charge < -0.3 is 9.47 Å². The predicted molar refractivity (Wildman–Crippen MR) is 90.7 cm³/mol. The second-order valence-corrected chi connectivity index (χ2v) is 7.08. The van der Waals surface area contributed by atoms with Gasteiger partial charge in [-0.1, -0.05) is 30.7 Å². The molecule has 120 valence electrons. The lowest BCUT2D eigenvalue weighted by molar-refractivity contribution is -0.0716. The number of allylic oxidation sites excluding steroid dienone is 1. The van der Waals surface area contributed by atoms with E-state index < -0.39 is 0 Å². The summed E-state index contributed by atoms with van der Waals surface area (Å²) in [5, 5.41) is 0. The topological polar surface area (TPSA) is 18.5 Å². The van der Waals surface area contributed by atoms with Crippen LogP contribution in [0.25, 0.3) is 5.57 Å². The standard InChI is InChI=1S/C20H28O2/c1-14(2)17-6-8-20(9-7-17)22-15(3)21-11-10-19-13-16-4-5-18(19)12-16/h6-9,15-16,18-19H,1,4-5,10-13H2,2-3H3. The lowest BCUT2D eigenvalue weighted by Gasteiger charge is -2.22. The van der Waals surface area contributed by atoms with Gasteiger partial charge in [0.15, 0.2) is 6.29 Å². The first kappa shape index (κ1) is 15.6. The van der Waals surface area contributed by atoms with Crippen molar-refractivity contribution in [1.29, 1.82) is 0 Å². The summed E-state index contributed by atoms with van der Waals surface area (Å²) >= 11 is 0. The number of hydrogen-bond donors (Lipinski definition) is 0. The van der Waals surface area contributed by atoms with Crippen LogP contribution in [-0.2, 0) is 4.74 Å². The molecule has 2 fully saturated rings. The molecule has 0 radical (unpaired) electrons. The molecule has 22 heavy (non-hydrogen) atoms. The Bertz CT molecular complexity index is 505. The average molecular weight is 300 g/mol. The number of hydrogen-bond acceptors (Lipinski definition) is 2. The fourth-order valence-electron chi connectivity index (χ4n) is 4.16. The first-order valence-corrected chi connectivity index (χ1v) is 8.66. The third kappa shape index (κ3) is 3.73.